The first kappa shape index (κ1) is 16.1. The molecule has 20 heavy (non-hydrogen) atoms. The highest BCUT2D eigenvalue weighted by Crippen LogP contribution is 2.16. The third-order valence-electron chi connectivity index (χ3n) is 3.03. The molecule has 1 atom stereocenters. The van der Waals surface area contributed by atoms with Crippen LogP contribution in [0.3, 0.4) is 0 Å². The van der Waals surface area contributed by atoms with Crippen LogP contribution in [0.25, 0.3) is 0 Å². The van der Waals surface area contributed by atoms with Crippen LogP contribution in [0.4, 0.5) is 8.78 Å². The molecular weight excluding hydrogens is 268 g/mol. The Kier molecular flexibility index (Phi) is 5.61. The van der Waals surface area contributed by atoms with Gasteiger partial charge < -0.3 is 10.4 Å². The van der Waals surface area contributed by atoms with Gasteiger partial charge in [0.25, 0.3) is 5.91 Å². The summed E-state index contributed by atoms with van der Waals surface area (Å²) in [6.45, 7) is 3.17. The Morgan fingerprint density at radius 3 is 2.60 bits per heavy atom. The fraction of sp³-hybridized carbons (Fsp3) is 0.429. The minimum Gasteiger partial charge on any atom is -0.481 e. The summed E-state index contributed by atoms with van der Waals surface area (Å²) in [6.07, 6.45) is 0.808. The molecule has 1 aromatic rings. The molecule has 0 saturated heterocycles. The van der Waals surface area contributed by atoms with Crippen molar-refractivity contribution in [2.75, 3.05) is 6.54 Å². The van der Waals surface area contributed by atoms with E-state index in [-0.39, 0.29) is 12.1 Å². The summed E-state index contributed by atoms with van der Waals surface area (Å²) in [6, 6.07) is 2.30. The second-order valence-electron chi connectivity index (χ2n) is 4.69. The molecule has 2 N–H and O–H groups in total. The average molecular weight is 285 g/mol. The van der Waals surface area contributed by atoms with Gasteiger partial charge in [-0.2, -0.15) is 0 Å². The van der Waals surface area contributed by atoms with E-state index in [1.54, 1.807) is 6.92 Å². The molecule has 0 aromatic heterocycles. The Hall–Kier alpha value is -1.98. The number of aliphatic carboxylic acids is 1. The number of carbonyl (C=O) groups is 2. The van der Waals surface area contributed by atoms with Crippen molar-refractivity contribution >= 4 is 11.9 Å². The van der Waals surface area contributed by atoms with E-state index in [0.717, 1.165) is 6.07 Å². The number of benzene rings is 1. The van der Waals surface area contributed by atoms with Crippen molar-refractivity contribution in [2.24, 2.45) is 5.92 Å². The quantitative estimate of drug-likeness (QED) is 0.789. The van der Waals surface area contributed by atoms with Crippen molar-refractivity contribution in [3.05, 3.63) is 34.9 Å². The molecule has 0 heterocycles. The lowest BCUT2D eigenvalue weighted by molar-refractivity contribution is -0.141. The van der Waals surface area contributed by atoms with Crippen molar-refractivity contribution in [3.63, 3.8) is 0 Å². The maximum Gasteiger partial charge on any atom is 0.306 e. The van der Waals surface area contributed by atoms with E-state index in [1.165, 1.54) is 13.0 Å². The molecule has 1 amide bonds. The molecule has 0 bridgehead atoms. The lowest BCUT2D eigenvalue weighted by Crippen LogP contribution is -2.27. The number of hydrogen-bond donors (Lipinski definition) is 2. The Labute approximate surface area is 115 Å². The minimum atomic E-state index is -0.912. The summed E-state index contributed by atoms with van der Waals surface area (Å²) in [5.41, 5.74) is -0.410. The molecule has 1 aromatic carbocycles. The highest BCUT2D eigenvalue weighted by atomic mass is 19.1. The molecule has 6 heteroatoms. The zero-order valence-electron chi connectivity index (χ0n) is 11.4. The number of nitrogens with one attached hydrogen (secondary N) is 1. The molecular formula is C14H17F2NO3. The molecule has 0 radical (unpaired) electrons. The number of halogens is 2. The fourth-order valence-electron chi connectivity index (χ4n) is 1.69. The van der Waals surface area contributed by atoms with Crippen molar-refractivity contribution in [1.29, 1.82) is 0 Å². The molecule has 0 saturated carbocycles. The number of amides is 1. The van der Waals surface area contributed by atoms with Gasteiger partial charge in [0.1, 0.15) is 17.2 Å². The number of carboxylic acid groups (broad SMARTS) is 1. The van der Waals surface area contributed by atoms with Gasteiger partial charge in [0.05, 0.1) is 5.92 Å². The van der Waals surface area contributed by atoms with Crippen molar-refractivity contribution < 1.29 is 23.5 Å². The van der Waals surface area contributed by atoms with Crippen molar-refractivity contribution in [3.8, 4) is 0 Å². The maximum atomic E-state index is 13.7. The van der Waals surface area contributed by atoms with E-state index in [9.17, 15) is 18.4 Å². The Morgan fingerprint density at radius 2 is 2.00 bits per heavy atom. The van der Waals surface area contributed by atoms with E-state index in [1.807, 2.05) is 0 Å². The molecule has 0 aliphatic heterocycles. The molecule has 0 aliphatic carbocycles. The highest BCUT2D eigenvalue weighted by Gasteiger charge is 2.18. The average Bonchev–Trinajstić information content (AvgIpc) is 2.39. The number of carboxylic acids is 1. The van der Waals surface area contributed by atoms with Crippen LogP contribution in [0.1, 0.15) is 35.7 Å². The van der Waals surface area contributed by atoms with Gasteiger partial charge >= 0.3 is 5.97 Å². The third kappa shape index (κ3) is 4.01. The Morgan fingerprint density at radius 1 is 1.35 bits per heavy atom. The van der Waals surface area contributed by atoms with Gasteiger partial charge in [0.15, 0.2) is 0 Å². The van der Waals surface area contributed by atoms with E-state index in [2.05, 4.69) is 5.32 Å². The zero-order valence-corrected chi connectivity index (χ0v) is 11.4. The lowest BCUT2D eigenvalue weighted by atomic mass is 10.1. The molecule has 0 fully saturated rings. The number of aryl methyl sites for hydroxylation is 1. The molecule has 4 nitrogen and oxygen atoms in total. The van der Waals surface area contributed by atoms with Gasteiger partial charge in [-0.15, -0.1) is 0 Å². The van der Waals surface area contributed by atoms with Gasteiger partial charge in [-0.3, -0.25) is 9.59 Å². The monoisotopic (exact) mass is 285 g/mol. The van der Waals surface area contributed by atoms with Gasteiger partial charge in [-0.25, -0.2) is 8.78 Å². The lowest BCUT2D eigenvalue weighted by Gasteiger charge is -2.09. The number of hydrogen-bond acceptors (Lipinski definition) is 2. The minimum absolute atomic E-state index is 0.170. The molecule has 0 spiro atoms. The summed E-state index contributed by atoms with van der Waals surface area (Å²) in [7, 11) is 0. The highest BCUT2D eigenvalue weighted by molar-refractivity contribution is 5.94. The molecule has 110 valence electrons. The molecule has 1 unspecified atom stereocenters. The zero-order chi connectivity index (χ0) is 15.3. The first-order valence-corrected chi connectivity index (χ1v) is 6.30. The van der Waals surface area contributed by atoms with Crippen LogP contribution in [0.2, 0.25) is 0 Å². The van der Waals surface area contributed by atoms with Crippen molar-refractivity contribution in [2.45, 2.75) is 26.7 Å². The molecule has 0 aliphatic rings. The SMILES string of the molecule is Cc1ccc(F)c(C(=O)NCCCC(C)C(=O)O)c1F. The summed E-state index contributed by atoms with van der Waals surface area (Å²) < 4.78 is 27.1. The summed E-state index contributed by atoms with van der Waals surface area (Å²) >= 11 is 0. The summed E-state index contributed by atoms with van der Waals surface area (Å²) in [4.78, 5) is 22.3. The van der Waals surface area contributed by atoms with E-state index >= 15 is 0 Å². The third-order valence-corrected chi connectivity index (χ3v) is 3.03. The first-order chi connectivity index (χ1) is 9.34. The second-order valence-corrected chi connectivity index (χ2v) is 4.69. The topological polar surface area (TPSA) is 66.4 Å². The van der Waals surface area contributed by atoms with Crippen molar-refractivity contribution in [1.82, 2.24) is 5.32 Å². The van der Waals surface area contributed by atoms with Crippen LogP contribution in [-0.2, 0) is 4.79 Å². The smallest absolute Gasteiger partial charge is 0.306 e. The maximum absolute atomic E-state index is 13.7. The van der Waals surface area contributed by atoms with E-state index in [4.69, 9.17) is 5.11 Å². The van der Waals surface area contributed by atoms with Crippen LogP contribution in [-0.4, -0.2) is 23.5 Å². The molecule has 1 rings (SSSR count). The van der Waals surface area contributed by atoms with Crippen LogP contribution in [0, 0.1) is 24.5 Å². The summed E-state index contributed by atoms with van der Waals surface area (Å²) in [5.74, 6) is -4.04. The number of rotatable bonds is 6. The van der Waals surface area contributed by atoms with Gasteiger partial charge in [-0.05, 0) is 31.4 Å². The van der Waals surface area contributed by atoms with Crippen LogP contribution in [0.5, 0.6) is 0 Å². The second kappa shape index (κ2) is 6.98. The van der Waals surface area contributed by atoms with Crippen LogP contribution in [0.15, 0.2) is 12.1 Å². The van der Waals surface area contributed by atoms with Crippen LogP contribution < -0.4 is 5.32 Å². The van der Waals surface area contributed by atoms with E-state index in [0.29, 0.717) is 12.8 Å². The van der Waals surface area contributed by atoms with E-state index < -0.39 is 35.0 Å². The van der Waals surface area contributed by atoms with Gasteiger partial charge in [-0.1, -0.05) is 13.0 Å². The first-order valence-electron chi connectivity index (χ1n) is 6.30. The normalized spacial score (nSPS) is 12.0. The predicted octanol–water partition coefficient (Wildman–Crippen LogP) is 2.50. The summed E-state index contributed by atoms with van der Waals surface area (Å²) in [5, 5.41) is 11.1. The number of carbonyl (C=O) groups excluding carboxylic acids is 1. The fourth-order valence-corrected chi connectivity index (χ4v) is 1.69. The Bertz CT molecular complexity index is 517. The predicted molar refractivity (Wildman–Crippen MR) is 69.5 cm³/mol. The Balaban J connectivity index is 2.56. The van der Waals surface area contributed by atoms with Gasteiger partial charge in [0, 0.05) is 6.54 Å². The van der Waals surface area contributed by atoms with Crippen LogP contribution >= 0.6 is 0 Å². The van der Waals surface area contributed by atoms with Gasteiger partial charge in [0.2, 0.25) is 0 Å². The standard InChI is InChI=1S/C14H17F2NO3/c1-8-5-6-10(15)11(12(8)16)13(18)17-7-3-4-9(2)14(19)20/h5-6,9H,3-4,7H2,1-2H3,(H,17,18)(H,19,20). The largest absolute Gasteiger partial charge is 0.481 e.